The molecule has 16 heavy (non-hydrogen) atoms. The Morgan fingerprint density at radius 3 is 3.12 bits per heavy atom. The minimum absolute atomic E-state index is 0.293. The Morgan fingerprint density at radius 2 is 2.31 bits per heavy atom. The van der Waals surface area contributed by atoms with Crippen molar-refractivity contribution in [2.75, 3.05) is 0 Å². The van der Waals surface area contributed by atoms with Crippen LogP contribution in [0.25, 0.3) is 0 Å². The second-order valence-electron chi connectivity index (χ2n) is 4.64. The van der Waals surface area contributed by atoms with Crippen LogP contribution in [0.4, 0.5) is 0 Å². The third-order valence-electron chi connectivity index (χ3n) is 3.24. The zero-order chi connectivity index (χ0) is 11.0. The van der Waals surface area contributed by atoms with Gasteiger partial charge in [-0.15, -0.1) is 11.3 Å². The molecular formula is C12H17N3S. The smallest absolute Gasteiger partial charge is 0.189 e. The number of fused-ring (bicyclic) bond motifs is 1. The van der Waals surface area contributed by atoms with E-state index in [2.05, 4.69) is 21.8 Å². The van der Waals surface area contributed by atoms with E-state index in [4.69, 9.17) is 5.73 Å². The summed E-state index contributed by atoms with van der Waals surface area (Å²) in [5.74, 6) is 0.631. The van der Waals surface area contributed by atoms with Gasteiger partial charge in [-0.3, -0.25) is 0 Å². The van der Waals surface area contributed by atoms with Crippen LogP contribution >= 0.6 is 11.3 Å². The highest BCUT2D eigenvalue weighted by molar-refractivity contribution is 7.10. The van der Waals surface area contributed by atoms with Crippen LogP contribution in [0, 0.1) is 0 Å². The Kier molecular flexibility index (Phi) is 2.59. The number of nitrogens with one attached hydrogen (secondary N) is 1. The number of aryl methyl sites for hydroxylation is 1. The van der Waals surface area contributed by atoms with Crippen molar-refractivity contribution in [1.29, 1.82) is 0 Å². The van der Waals surface area contributed by atoms with Gasteiger partial charge in [0.05, 0.1) is 6.04 Å². The summed E-state index contributed by atoms with van der Waals surface area (Å²) in [5, 5.41) is 5.42. The second kappa shape index (κ2) is 4.09. The summed E-state index contributed by atoms with van der Waals surface area (Å²) in [6.45, 7) is 0. The normalized spacial score (nSPS) is 25.2. The zero-order valence-corrected chi connectivity index (χ0v) is 10.1. The maximum atomic E-state index is 5.91. The van der Waals surface area contributed by atoms with Crippen molar-refractivity contribution in [2.45, 2.75) is 44.2 Å². The van der Waals surface area contributed by atoms with E-state index in [1.54, 1.807) is 0 Å². The van der Waals surface area contributed by atoms with Gasteiger partial charge in [0.15, 0.2) is 5.96 Å². The molecule has 1 fully saturated rings. The number of hydrogen-bond acceptors (Lipinski definition) is 2. The molecule has 3 N–H and O–H groups in total. The topological polar surface area (TPSA) is 50.4 Å². The number of hydrogen-bond donors (Lipinski definition) is 2. The summed E-state index contributed by atoms with van der Waals surface area (Å²) < 4.78 is 0. The number of nitrogens with two attached hydrogens (primary N) is 1. The first kappa shape index (κ1) is 10.1. The molecule has 3 rings (SSSR count). The fraction of sp³-hybridized carbons (Fsp3) is 0.583. The summed E-state index contributed by atoms with van der Waals surface area (Å²) in [7, 11) is 0. The maximum Gasteiger partial charge on any atom is 0.189 e. The fourth-order valence-electron chi connectivity index (χ4n) is 2.24. The average Bonchev–Trinajstić information content (AvgIpc) is 2.94. The van der Waals surface area contributed by atoms with Gasteiger partial charge in [0, 0.05) is 10.9 Å². The molecule has 0 spiro atoms. The average molecular weight is 235 g/mol. The third-order valence-corrected chi connectivity index (χ3v) is 4.24. The lowest BCUT2D eigenvalue weighted by Gasteiger charge is -2.19. The molecule has 0 radical (unpaired) electrons. The summed E-state index contributed by atoms with van der Waals surface area (Å²) >= 11 is 1.85. The van der Waals surface area contributed by atoms with E-state index in [0.29, 0.717) is 18.0 Å². The van der Waals surface area contributed by atoms with Crippen LogP contribution in [-0.4, -0.2) is 12.0 Å². The van der Waals surface area contributed by atoms with E-state index in [9.17, 15) is 0 Å². The van der Waals surface area contributed by atoms with E-state index in [1.165, 1.54) is 36.1 Å². The Balaban J connectivity index is 1.75. The lowest BCUT2D eigenvalue weighted by Crippen LogP contribution is -2.34. The Bertz CT molecular complexity index is 406. The summed E-state index contributed by atoms with van der Waals surface area (Å²) in [4.78, 5) is 6.12. The number of rotatable bonds is 2. The second-order valence-corrected chi connectivity index (χ2v) is 5.64. The molecule has 1 unspecified atom stereocenters. The quantitative estimate of drug-likeness (QED) is 0.610. The van der Waals surface area contributed by atoms with Crippen LogP contribution in [0.5, 0.6) is 0 Å². The van der Waals surface area contributed by atoms with E-state index in [1.807, 2.05) is 11.3 Å². The lowest BCUT2D eigenvalue weighted by atomic mass is 9.95. The molecule has 0 saturated heterocycles. The van der Waals surface area contributed by atoms with Crippen molar-refractivity contribution in [3.8, 4) is 0 Å². The largest absolute Gasteiger partial charge is 0.370 e. The molecule has 0 aromatic carbocycles. The molecule has 4 heteroatoms. The van der Waals surface area contributed by atoms with Crippen LogP contribution in [0.15, 0.2) is 16.4 Å². The SMILES string of the molecule is NC(=NC1CCCc2sccc21)NC1CC1. The van der Waals surface area contributed by atoms with Gasteiger partial charge in [-0.05, 0) is 49.1 Å². The van der Waals surface area contributed by atoms with Crippen LogP contribution in [0.3, 0.4) is 0 Å². The highest BCUT2D eigenvalue weighted by Gasteiger charge is 2.24. The van der Waals surface area contributed by atoms with Gasteiger partial charge >= 0.3 is 0 Å². The maximum absolute atomic E-state index is 5.91. The van der Waals surface area contributed by atoms with Gasteiger partial charge in [0.25, 0.3) is 0 Å². The highest BCUT2D eigenvalue weighted by Crippen LogP contribution is 2.35. The minimum Gasteiger partial charge on any atom is -0.370 e. The molecule has 2 aliphatic rings. The molecule has 1 aromatic heterocycles. The Morgan fingerprint density at radius 1 is 1.44 bits per heavy atom. The van der Waals surface area contributed by atoms with E-state index < -0.39 is 0 Å². The minimum atomic E-state index is 0.293. The van der Waals surface area contributed by atoms with Crippen LogP contribution in [-0.2, 0) is 6.42 Å². The van der Waals surface area contributed by atoms with Crippen LogP contribution in [0.2, 0.25) is 0 Å². The lowest BCUT2D eigenvalue weighted by molar-refractivity contribution is 0.576. The monoisotopic (exact) mass is 235 g/mol. The number of thiophene rings is 1. The van der Waals surface area contributed by atoms with Gasteiger partial charge in [-0.25, -0.2) is 4.99 Å². The molecule has 0 aliphatic heterocycles. The highest BCUT2D eigenvalue weighted by atomic mass is 32.1. The Labute approximate surface area is 99.8 Å². The third kappa shape index (κ3) is 2.07. The van der Waals surface area contributed by atoms with Gasteiger partial charge in [0.2, 0.25) is 0 Å². The molecular weight excluding hydrogens is 218 g/mol. The van der Waals surface area contributed by atoms with Crippen molar-refractivity contribution >= 4 is 17.3 Å². The van der Waals surface area contributed by atoms with Crippen molar-refractivity contribution in [3.05, 3.63) is 21.9 Å². The summed E-state index contributed by atoms with van der Waals surface area (Å²) in [5.41, 5.74) is 7.31. The standard InChI is InChI=1S/C12H17N3S/c13-12(14-8-4-5-8)15-10-2-1-3-11-9(10)6-7-16-11/h6-8,10H,1-5H2,(H3,13,14,15). The molecule has 1 saturated carbocycles. The van der Waals surface area contributed by atoms with Gasteiger partial charge < -0.3 is 11.1 Å². The van der Waals surface area contributed by atoms with E-state index in [0.717, 1.165) is 6.42 Å². The first-order chi connectivity index (χ1) is 7.83. The predicted octanol–water partition coefficient (Wildman–Crippen LogP) is 2.19. The Hall–Kier alpha value is -1.03. The summed E-state index contributed by atoms with van der Waals surface area (Å²) in [6.07, 6.45) is 6.07. The fourth-order valence-corrected chi connectivity index (χ4v) is 3.22. The van der Waals surface area contributed by atoms with Crippen molar-refractivity contribution in [3.63, 3.8) is 0 Å². The molecule has 2 aliphatic carbocycles. The van der Waals surface area contributed by atoms with Crippen molar-refractivity contribution in [2.24, 2.45) is 10.7 Å². The van der Waals surface area contributed by atoms with Crippen molar-refractivity contribution in [1.82, 2.24) is 5.32 Å². The number of aliphatic imine (C=N–C) groups is 1. The van der Waals surface area contributed by atoms with Gasteiger partial charge in [-0.2, -0.15) is 0 Å². The molecule has 0 amide bonds. The summed E-state index contributed by atoms with van der Waals surface area (Å²) in [6, 6.07) is 3.09. The molecule has 0 bridgehead atoms. The molecule has 3 nitrogen and oxygen atoms in total. The predicted molar refractivity (Wildman–Crippen MR) is 67.8 cm³/mol. The van der Waals surface area contributed by atoms with Crippen LogP contribution in [0.1, 0.15) is 42.2 Å². The van der Waals surface area contributed by atoms with Crippen molar-refractivity contribution < 1.29 is 0 Å². The van der Waals surface area contributed by atoms with Gasteiger partial charge in [0.1, 0.15) is 0 Å². The number of nitrogens with zero attached hydrogens (tertiary/aromatic N) is 1. The first-order valence-electron chi connectivity index (χ1n) is 5.99. The van der Waals surface area contributed by atoms with E-state index in [-0.39, 0.29) is 0 Å². The first-order valence-corrected chi connectivity index (χ1v) is 6.87. The van der Waals surface area contributed by atoms with Crippen LogP contribution < -0.4 is 11.1 Å². The van der Waals surface area contributed by atoms with E-state index >= 15 is 0 Å². The number of guanidine groups is 1. The molecule has 1 heterocycles. The molecule has 1 atom stereocenters. The molecule has 86 valence electrons. The zero-order valence-electron chi connectivity index (χ0n) is 9.28. The van der Waals surface area contributed by atoms with Gasteiger partial charge in [-0.1, -0.05) is 0 Å². The molecule has 1 aromatic rings.